The van der Waals surface area contributed by atoms with Crippen molar-refractivity contribution in [3.05, 3.63) is 35.1 Å². The molecule has 7 nitrogen and oxygen atoms in total. The topological polar surface area (TPSA) is 75.4 Å². The molecule has 0 unspecified atom stereocenters. The van der Waals surface area contributed by atoms with Crippen LogP contribution in [0.25, 0.3) is 0 Å². The molecule has 2 aromatic heterocycles. The van der Waals surface area contributed by atoms with Crippen molar-refractivity contribution in [2.24, 2.45) is 0 Å². The molecule has 1 aliphatic heterocycles. The lowest BCUT2D eigenvalue weighted by Gasteiger charge is -2.35. The zero-order valence-electron chi connectivity index (χ0n) is 14.6. The van der Waals surface area contributed by atoms with Crippen LogP contribution in [0.2, 0.25) is 0 Å². The molecule has 1 aliphatic rings. The number of hydrogen-bond acceptors (Lipinski definition) is 6. The third-order valence-electron chi connectivity index (χ3n) is 4.11. The Morgan fingerprint density at radius 1 is 1.12 bits per heavy atom. The summed E-state index contributed by atoms with van der Waals surface area (Å²) in [4.78, 5) is 25.6. The molecule has 0 aromatic carbocycles. The molecule has 24 heavy (non-hydrogen) atoms. The first-order valence-corrected chi connectivity index (χ1v) is 8.27. The fraction of sp³-hybridized carbons (Fsp3) is 0.529. The Bertz CT molecular complexity index is 732. The summed E-state index contributed by atoms with van der Waals surface area (Å²) < 4.78 is 4.99. The van der Waals surface area contributed by atoms with E-state index in [9.17, 15) is 4.79 Å². The number of aryl methyl sites for hydroxylation is 2. The molecular weight excluding hydrogens is 306 g/mol. The predicted octanol–water partition coefficient (Wildman–Crippen LogP) is 2.17. The van der Waals surface area contributed by atoms with Crippen LogP contribution in [0, 0.1) is 13.8 Å². The van der Waals surface area contributed by atoms with E-state index in [1.54, 1.807) is 13.0 Å². The van der Waals surface area contributed by atoms with E-state index in [1.807, 2.05) is 17.9 Å². The lowest BCUT2D eigenvalue weighted by Crippen LogP contribution is -2.49. The van der Waals surface area contributed by atoms with Gasteiger partial charge in [0.25, 0.3) is 5.91 Å². The summed E-state index contributed by atoms with van der Waals surface area (Å²) in [6.07, 6.45) is 0. The maximum atomic E-state index is 12.4. The summed E-state index contributed by atoms with van der Waals surface area (Å²) in [7, 11) is 0. The van der Waals surface area contributed by atoms with Crippen molar-refractivity contribution in [2.75, 3.05) is 31.1 Å². The van der Waals surface area contributed by atoms with E-state index < -0.39 is 0 Å². The molecule has 0 N–H and O–H groups in total. The van der Waals surface area contributed by atoms with Gasteiger partial charge in [0.1, 0.15) is 17.4 Å². The van der Waals surface area contributed by atoms with Crippen LogP contribution in [0.5, 0.6) is 0 Å². The van der Waals surface area contributed by atoms with Gasteiger partial charge in [-0.25, -0.2) is 9.97 Å². The Hall–Kier alpha value is -2.44. The molecule has 3 rings (SSSR count). The third-order valence-corrected chi connectivity index (χ3v) is 4.11. The zero-order valence-corrected chi connectivity index (χ0v) is 14.6. The van der Waals surface area contributed by atoms with Crippen LogP contribution in [0.15, 0.2) is 16.7 Å². The molecule has 128 valence electrons. The molecule has 1 fully saturated rings. The molecule has 0 atom stereocenters. The molecule has 0 saturated carbocycles. The molecule has 0 bridgehead atoms. The Balaban J connectivity index is 1.68. The van der Waals surface area contributed by atoms with Gasteiger partial charge in [-0.05, 0) is 13.8 Å². The van der Waals surface area contributed by atoms with Crippen molar-refractivity contribution < 1.29 is 9.32 Å². The largest absolute Gasteiger partial charge is 0.361 e. The second kappa shape index (κ2) is 6.59. The highest BCUT2D eigenvalue weighted by atomic mass is 16.5. The van der Waals surface area contributed by atoms with Crippen molar-refractivity contribution in [1.29, 1.82) is 0 Å². The number of carbonyl (C=O) groups is 1. The van der Waals surface area contributed by atoms with Gasteiger partial charge in [0, 0.05) is 49.9 Å². The zero-order chi connectivity index (χ0) is 17.3. The van der Waals surface area contributed by atoms with Crippen LogP contribution in [0.3, 0.4) is 0 Å². The van der Waals surface area contributed by atoms with Crippen LogP contribution in [-0.2, 0) is 0 Å². The monoisotopic (exact) mass is 329 g/mol. The molecule has 1 saturated heterocycles. The van der Waals surface area contributed by atoms with Crippen molar-refractivity contribution in [3.63, 3.8) is 0 Å². The Kier molecular flexibility index (Phi) is 4.51. The van der Waals surface area contributed by atoms with E-state index >= 15 is 0 Å². The highest BCUT2D eigenvalue weighted by molar-refractivity contribution is 5.92. The number of nitrogens with zero attached hydrogens (tertiary/aromatic N) is 5. The van der Waals surface area contributed by atoms with Gasteiger partial charge >= 0.3 is 0 Å². The lowest BCUT2D eigenvalue weighted by molar-refractivity contribution is 0.0736. The number of hydrogen-bond donors (Lipinski definition) is 0. The number of rotatable bonds is 3. The number of amides is 1. The molecule has 1 amide bonds. The van der Waals surface area contributed by atoms with Gasteiger partial charge in [-0.2, -0.15) is 0 Å². The fourth-order valence-corrected chi connectivity index (χ4v) is 2.76. The Morgan fingerprint density at radius 2 is 1.83 bits per heavy atom. The van der Waals surface area contributed by atoms with E-state index in [0.29, 0.717) is 30.5 Å². The smallest absolute Gasteiger partial charge is 0.276 e. The summed E-state index contributed by atoms with van der Waals surface area (Å²) in [6, 6.07) is 3.68. The second-order valence-corrected chi connectivity index (χ2v) is 6.48. The van der Waals surface area contributed by atoms with Crippen LogP contribution in [0.4, 0.5) is 5.82 Å². The Labute approximate surface area is 141 Å². The SMILES string of the molecule is Cc1cc(N2CCN(C(=O)c3cc(C)on3)CC2)nc(C(C)C)n1. The van der Waals surface area contributed by atoms with Gasteiger partial charge < -0.3 is 14.3 Å². The van der Waals surface area contributed by atoms with E-state index in [0.717, 1.165) is 30.4 Å². The van der Waals surface area contributed by atoms with Crippen LogP contribution in [-0.4, -0.2) is 52.1 Å². The minimum absolute atomic E-state index is 0.0757. The number of piperazine rings is 1. The summed E-state index contributed by atoms with van der Waals surface area (Å²) >= 11 is 0. The average molecular weight is 329 g/mol. The maximum Gasteiger partial charge on any atom is 0.276 e. The number of carbonyl (C=O) groups excluding carboxylic acids is 1. The first kappa shape index (κ1) is 16.4. The van der Waals surface area contributed by atoms with Crippen LogP contribution >= 0.6 is 0 Å². The lowest BCUT2D eigenvalue weighted by atomic mass is 10.2. The summed E-state index contributed by atoms with van der Waals surface area (Å²) in [5, 5.41) is 3.81. The first-order valence-electron chi connectivity index (χ1n) is 8.27. The van der Waals surface area contributed by atoms with Gasteiger partial charge in [-0.3, -0.25) is 4.79 Å². The molecular formula is C17H23N5O2. The first-order chi connectivity index (χ1) is 11.4. The molecule has 7 heteroatoms. The van der Waals surface area contributed by atoms with Gasteiger partial charge in [-0.1, -0.05) is 19.0 Å². The van der Waals surface area contributed by atoms with E-state index in [-0.39, 0.29) is 5.91 Å². The van der Waals surface area contributed by atoms with Crippen molar-refractivity contribution in [1.82, 2.24) is 20.0 Å². The molecule has 2 aromatic rings. The highest BCUT2D eigenvalue weighted by Gasteiger charge is 2.25. The quantitative estimate of drug-likeness (QED) is 0.859. The van der Waals surface area contributed by atoms with Crippen molar-refractivity contribution >= 4 is 11.7 Å². The minimum atomic E-state index is -0.0757. The van der Waals surface area contributed by atoms with Gasteiger partial charge in [0.15, 0.2) is 5.69 Å². The Morgan fingerprint density at radius 3 is 2.42 bits per heavy atom. The maximum absolute atomic E-state index is 12.4. The summed E-state index contributed by atoms with van der Waals surface area (Å²) in [6.45, 7) is 10.7. The standard InChI is InChI=1S/C17H23N5O2/c1-11(2)16-18-12(3)9-15(19-16)21-5-7-22(8-6-21)17(23)14-10-13(4)24-20-14/h9-11H,5-8H2,1-4H3. The van der Waals surface area contributed by atoms with E-state index in [4.69, 9.17) is 4.52 Å². The van der Waals surface area contributed by atoms with Crippen molar-refractivity contribution in [3.8, 4) is 0 Å². The summed E-state index contributed by atoms with van der Waals surface area (Å²) in [5.41, 5.74) is 1.35. The third kappa shape index (κ3) is 3.39. The number of anilines is 1. The van der Waals surface area contributed by atoms with E-state index in [2.05, 4.69) is 33.9 Å². The minimum Gasteiger partial charge on any atom is -0.361 e. The summed E-state index contributed by atoms with van der Waals surface area (Å²) in [5.74, 6) is 2.67. The molecule has 0 spiro atoms. The van der Waals surface area contributed by atoms with Crippen molar-refractivity contribution in [2.45, 2.75) is 33.6 Å². The molecule has 3 heterocycles. The fourth-order valence-electron chi connectivity index (χ4n) is 2.76. The average Bonchev–Trinajstić information content (AvgIpc) is 3.00. The molecule has 0 radical (unpaired) electrons. The normalized spacial score (nSPS) is 15.2. The van der Waals surface area contributed by atoms with Gasteiger partial charge in [0.05, 0.1) is 0 Å². The van der Waals surface area contributed by atoms with Crippen LogP contribution in [0.1, 0.15) is 47.5 Å². The predicted molar refractivity (Wildman–Crippen MR) is 90.2 cm³/mol. The second-order valence-electron chi connectivity index (χ2n) is 6.48. The van der Waals surface area contributed by atoms with Crippen LogP contribution < -0.4 is 4.90 Å². The highest BCUT2D eigenvalue weighted by Crippen LogP contribution is 2.19. The van der Waals surface area contributed by atoms with Gasteiger partial charge in [0.2, 0.25) is 0 Å². The van der Waals surface area contributed by atoms with E-state index in [1.165, 1.54) is 0 Å². The molecule has 0 aliphatic carbocycles. The number of aromatic nitrogens is 3. The van der Waals surface area contributed by atoms with Gasteiger partial charge in [-0.15, -0.1) is 0 Å².